The van der Waals surface area contributed by atoms with Gasteiger partial charge in [-0.25, -0.2) is 4.79 Å². The summed E-state index contributed by atoms with van der Waals surface area (Å²) in [6.07, 6.45) is 3.97. The summed E-state index contributed by atoms with van der Waals surface area (Å²) >= 11 is 0. The van der Waals surface area contributed by atoms with E-state index in [0.717, 1.165) is 40.2 Å². The van der Waals surface area contributed by atoms with Crippen molar-refractivity contribution in [3.63, 3.8) is 0 Å². The molecule has 0 amide bonds. The number of benzene rings is 2. The van der Waals surface area contributed by atoms with Gasteiger partial charge in [0.25, 0.3) is 0 Å². The number of aromatic carboxylic acids is 1. The average molecular weight is 438 g/mol. The number of aromatic amines is 1. The molecule has 0 aliphatic heterocycles. The van der Waals surface area contributed by atoms with Gasteiger partial charge in [-0.3, -0.25) is 9.67 Å². The Hall–Kier alpha value is -4.13. The topological polar surface area (TPSA) is 87.0 Å². The fourth-order valence-corrected chi connectivity index (χ4v) is 4.42. The van der Waals surface area contributed by atoms with E-state index < -0.39 is 5.97 Å². The molecule has 33 heavy (non-hydrogen) atoms. The van der Waals surface area contributed by atoms with Gasteiger partial charge in [-0.15, -0.1) is 0 Å². The van der Waals surface area contributed by atoms with Crippen LogP contribution in [0.1, 0.15) is 23.2 Å². The number of carbonyl (C=O) groups is 1. The van der Waals surface area contributed by atoms with Crippen molar-refractivity contribution >= 4 is 39.3 Å². The van der Waals surface area contributed by atoms with E-state index in [1.54, 1.807) is 0 Å². The highest BCUT2D eigenvalue weighted by atomic mass is 16.4. The molecule has 0 atom stereocenters. The Bertz CT molecular complexity index is 1500. The molecule has 0 radical (unpaired) electrons. The van der Waals surface area contributed by atoms with E-state index in [0.29, 0.717) is 17.0 Å². The second-order valence-corrected chi connectivity index (χ2v) is 8.68. The predicted molar refractivity (Wildman–Crippen MR) is 129 cm³/mol. The largest absolute Gasteiger partial charge is 0.478 e. The molecule has 0 saturated heterocycles. The van der Waals surface area contributed by atoms with Gasteiger partial charge in [-0.05, 0) is 61.2 Å². The van der Waals surface area contributed by atoms with Crippen molar-refractivity contribution in [3.05, 3.63) is 72.4 Å². The highest BCUT2D eigenvalue weighted by Gasteiger charge is 2.26. The van der Waals surface area contributed by atoms with Crippen LogP contribution in [0.3, 0.4) is 0 Å². The second-order valence-electron chi connectivity index (χ2n) is 8.68. The van der Waals surface area contributed by atoms with Gasteiger partial charge in [0.2, 0.25) is 0 Å². The maximum absolute atomic E-state index is 11.7. The lowest BCUT2D eigenvalue weighted by Crippen LogP contribution is -2.08. The van der Waals surface area contributed by atoms with Crippen molar-refractivity contribution in [2.45, 2.75) is 19.4 Å². The lowest BCUT2D eigenvalue weighted by atomic mass is 10.1. The van der Waals surface area contributed by atoms with Gasteiger partial charge in [-0.2, -0.15) is 5.10 Å². The molecular weight excluding hydrogens is 414 g/mol. The lowest BCUT2D eigenvalue weighted by Gasteiger charge is -2.19. The molecule has 1 saturated carbocycles. The number of carboxylic acid groups (broad SMARTS) is 1. The minimum Gasteiger partial charge on any atom is -0.478 e. The Morgan fingerprint density at radius 2 is 1.91 bits per heavy atom. The molecule has 2 aromatic carbocycles. The van der Waals surface area contributed by atoms with Crippen LogP contribution in [0.15, 0.2) is 66.9 Å². The molecule has 0 bridgehead atoms. The predicted octanol–water partition coefficient (Wildman–Crippen LogP) is 5.46. The number of anilines is 2. The molecule has 1 aliphatic carbocycles. The number of nitrogens with zero attached hydrogens (tertiary/aromatic N) is 4. The van der Waals surface area contributed by atoms with E-state index >= 15 is 0 Å². The van der Waals surface area contributed by atoms with Crippen LogP contribution < -0.4 is 4.90 Å². The van der Waals surface area contributed by atoms with Gasteiger partial charge in [0, 0.05) is 36.6 Å². The maximum Gasteiger partial charge on any atom is 0.337 e. The van der Waals surface area contributed by atoms with E-state index in [1.807, 2.05) is 24.3 Å². The Kier molecular flexibility index (Phi) is 4.43. The summed E-state index contributed by atoms with van der Waals surface area (Å²) in [5.74, 6) is -0.331. The molecule has 5 aromatic rings. The fourth-order valence-electron chi connectivity index (χ4n) is 4.42. The third-order valence-electron chi connectivity index (χ3n) is 6.39. The van der Waals surface area contributed by atoms with E-state index in [1.165, 1.54) is 25.1 Å². The monoisotopic (exact) mass is 437 g/mol. The Morgan fingerprint density at radius 1 is 1.09 bits per heavy atom. The van der Waals surface area contributed by atoms with Gasteiger partial charge < -0.3 is 15.0 Å². The van der Waals surface area contributed by atoms with Crippen LogP contribution in [-0.2, 0) is 6.54 Å². The summed E-state index contributed by atoms with van der Waals surface area (Å²) in [5, 5.41) is 15.6. The lowest BCUT2D eigenvalue weighted by molar-refractivity contribution is 0.0698. The number of fused-ring (bicyclic) bond motifs is 2. The first kappa shape index (κ1) is 19.5. The number of carboxylic acids is 1. The SMILES string of the molecule is CN(c1ccccc1)c1ccc2c(-c3cc4nccc(C(=O)O)c4[nH]3)n(CC3CC3)nc2c1. The second kappa shape index (κ2) is 7.48. The quantitative estimate of drug-likeness (QED) is 0.369. The summed E-state index contributed by atoms with van der Waals surface area (Å²) in [5.41, 5.74) is 6.27. The van der Waals surface area contributed by atoms with Crippen molar-refractivity contribution in [1.82, 2.24) is 19.7 Å². The molecule has 164 valence electrons. The van der Waals surface area contributed by atoms with E-state index in [2.05, 4.69) is 56.9 Å². The summed E-state index contributed by atoms with van der Waals surface area (Å²) in [6, 6.07) is 20.0. The van der Waals surface area contributed by atoms with Crippen LogP contribution in [-0.4, -0.2) is 37.9 Å². The van der Waals surface area contributed by atoms with Gasteiger partial charge in [0.05, 0.1) is 33.5 Å². The summed E-state index contributed by atoms with van der Waals surface area (Å²) < 4.78 is 2.07. The molecule has 7 nitrogen and oxygen atoms in total. The van der Waals surface area contributed by atoms with Crippen LogP contribution in [0.2, 0.25) is 0 Å². The molecule has 3 aromatic heterocycles. The molecule has 2 N–H and O–H groups in total. The fraction of sp³-hybridized carbons (Fsp3) is 0.192. The highest BCUT2D eigenvalue weighted by Crippen LogP contribution is 2.37. The number of rotatable bonds is 6. The standard InChI is InChI=1S/C26H23N5O2/c1-30(17-5-3-2-4-6-17)18-9-10-19-21(13-18)29-31(15-16-7-8-16)25(19)23-14-22-24(28-23)20(26(32)33)11-12-27-22/h2-6,9-14,16,28H,7-8,15H2,1H3,(H,32,33). The van der Waals surface area contributed by atoms with E-state index in [-0.39, 0.29) is 5.56 Å². The third kappa shape index (κ3) is 3.42. The summed E-state index contributed by atoms with van der Waals surface area (Å²) in [6.45, 7) is 0.850. The minimum atomic E-state index is -0.972. The molecule has 7 heteroatoms. The zero-order chi connectivity index (χ0) is 22.5. The Morgan fingerprint density at radius 3 is 2.67 bits per heavy atom. The van der Waals surface area contributed by atoms with Gasteiger partial charge in [0.1, 0.15) is 0 Å². The molecular formula is C26H23N5O2. The first-order valence-corrected chi connectivity index (χ1v) is 11.1. The number of H-pyrrole nitrogens is 1. The van der Waals surface area contributed by atoms with E-state index in [9.17, 15) is 9.90 Å². The molecule has 3 heterocycles. The number of pyridine rings is 1. The first-order chi connectivity index (χ1) is 16.1. The van der Waals surface area contributed by atoms with Crippen LogP contribution in [0.5, 0.6) is 0 Å². The number of hydrogen-bond donors (Lipinski definition) is 2. The van der Waals surface area contributed by atoms with Crippen LogP contribution in [0, 0.1) is 5.92 Å². The number of para-hydroxylation sites is 1. The normalized spacial score (nSPS) is 13.6. The molecule has 1 aliphatic rings. The molecule has 6 rings (SSSR count). The van der Waals surface area contributed by atoms with Crippen molar-refractivity contribution in [2.75, 3.05) is 11.9 Å². The van der Waals surface area contributed by atoms with Crippen molar-refractivity contribution in [2.24, 2.45) is 5.92 Å². The number of nitrogens with one attached hydrogen (secondary N) is 1. The molecule has 1 fully saturated rings. The number of aromatic nitrogens is 4. The van der Waals surface area contributed by atoms with Gasteiger partial charge in [0.15, 0.2) is 0 Å². The molecule has 0 spiro atoms. The van der Waals surface area contributed by atoms with Crippen LogP contribution in [0.4, 0.5) is 11.4 Å². The average Bonchev–Trinajstić information content (AvgIpc) is 3.42. The van der Waals surface area contributed by atoms with Gasteiger partial charge in [-0.1, -0.05) is 18.2 Å². The van der Waals surface area contributed by atoms with E-state index in [4.69, 9.17) is 5.10 Å². The maximum atomic E-state index is 11.7. The van der Waals surface area contributed by atoms with Crippen molar-refractivity contribution < 1.29 is 9.90 Å². The highest BCUT2D eigenvalue weighted by molar-refractivity contribution is 6.03. The summed E-state index contributed by atoms with van der Waals surface area (Å²) in [4.78, 5) is 21.5. The van der Waals surface area contributed by atoms with Crippen molar-refractivity contribution in [3.8, 4) is 11.4 Å². The molecule has 0 unspecified atom stereocenters. The van der Waals surface area contributed by atoms with Gasteiger partial charge >= 0.3 is 5.97 Å². The zero-order valence-electron chi connectivity index (χ0n) is 18.2. The van der Waals surface area contributed by atoms with Crippen molar-refractivity contribution in [1.29, 1.82) is 0 Å². The number of hydrogen-bond acceptors (Lipinski definition) is 4. The zero-order valence-corrected chi connectivity index (χ0v) is 18.2. The Labute approximate surface area is 190 Å². The smallest absolute Gasteiger partial charge is 0.337 e. The van der Waals surface area contributed by atoms with Crippen LogP contribution >= 0.6 is 0 Å². The van der Waals surface area contributed by atoms with Crippen LogP contribution in [0.25, 0.3) is 33.3 Å². The summed E-state index contributed by atoms with van der Waals surface area (Å²) in [7, 11) is 2.05. The third-order valence-corrected chi connectivity index (χ3v) is 6.39. The Balaban J connectivity index is 1.50. The minimum absolute atomic E-state index is 0.218. The first-order valence-electron chi connectivity index (χ1n) is 11.1.